The first kappa shape index (κ1) is 27.8. The number of benzene rings is 7. The third-order valence-electron chi connectivity index (χ3n) is 9.64. The zero-order valence-electron chi connectivity index (χ0n) is 25.9. The van der Waals surface area contributed by atoms with Gasteiger partial charge in [0.2, 0.25) is 0 Å². The van der Waals surface area contributed by atoms with Gasteiger partial charge in [-0.05, 0) is 77.4 Å². The van der Waals surface area contributed by atoms with Gasteiger partial charge in [-0.15, -0.1) is 22.7 Å². The van der Waals surface area contributed by atoms with Crippen LogP contribution < -0.4 is 0 Å². The second-order valence-corrected chi connectivity index (χ2v) is 14.5. The molecule has 10 rings (SSSR count). The van der Waals surface area contributed by atoms with E-state index in [2.05, 4.69) is 125 Å². The predicted molar refractivity (Wildman–Crippen MR) is 208 cm³/mol. The molecule has 226 valence electrons. The lowest BCUT2D eigenvalue weighted by Crippen LogP contribution is -2.00. The summed E-state index contributed by atoms with van der Waals surface area (Å²) in [7, 11) is 0. The molecular formula is C44H23N3S2. The molecular weight excluding hydrogens is 635 g/mol. The number of nitrogens with zero attached hydrogens (tertiary/aromatic N) is 3. The molecule has 7 aromatic carbocycles. The molecule has 0 amide bonds. The van der Waals surface area contributed by atoms with E-state index in [0.717, 1.165) is 39.0 Å². The summed E-state index contributed by atoms with van der Waals surface area (Å²) in [5, 5.41) is 17.7. The van der Waals surface area contributed by atoms with Crippen molar-refractivity contribution in [3.63, 3.8) is 0 Å². The van der Waals surface area contributed by atoms with Crippen LogP contribution >= 0.6 is 22.7 Å². The lowest BCUT2D eigenvalue weighted by molar-refractivity contribution is 1.17. The summed E-state index contributed by atoms with van der Waals surface area (Å²) in [6.45, 7) is 7.46. The number of thiophene rings is 2. The Morgan fingerprint density at radius 3 is 1.78 bits per heavy atom. The molecule has 0 saturated heterocycles. The van der Waals surface area contributed by atoms with E-state index < -0.39 is 0 Å². The average molecular weight is 658 g/mol. The minimum atomic E-state index is 0.642. The zero-order chi connectivity index (χ0) is 32.6. The molecule has 3 nitrogen and oxygen atoms in total. The third-order valence-corrected chi connectivity index (χ3v) is 11.9. The van der Waals surface area contributed by atoms with E-state index in [1.165, 1.54) is 51.1 Å². The van der Waals surface area contributed by atoms with Crippen LogP contribution in [0.4, 0.5) is 5.69 Å². The molecule has 0 aliphatic rings. The molecule has 10 aromatic rings. The second kappa shape index (κ2) is 10.6. The van der Waals surface area contributed by atoms with Crippen molar-refractivity contribution >= 4 is 90.5 Å². The molecule has 5 heteroatoms. The quantitative estimate of drug-likeness (QED) is 0.174. The highest BCUT2D eigenvalue weighted by atomic mass is 32.1. The zero-order valence-corrected chi connectivity index (χ0v) is 27.6. The largest absolute Gasteiger partial charge is 0.307 e. The number of fused-ring (bicyclic) bond motifs is 9. The summed E-state index contributed by atoms with van der Waals surface area (Å²) in [4.78, 5) is 3.64. The van der Waals surface area contributed by atoms with Gasteiger partial charge >= 0.3 is 0 Å². The molecule has 49 heavy (non-hydrogen) atoms. The maximum Gasteiger partial charge on any atom is 0.187 e. The van der Waals surface area contributed by atoms with Crippen LogP contribution in [-0.2, 0) is 0 Å². The number of nitriles is 1. The first-order valence-electron chi connectivity index (χ1n) is 16.0. The monoisotopic (exact) mass is 657 g/mol. The highest BCUT2D eigenvalue weighted by Gasteiger charge is 2.20. The fraction of sp³-hybridized carbons (Fsp3) is 0. The molecule has 0 radical (unpaired) electrons. The molecule has 0 spiro atoms. The van der Waals surface area contributed by atoms with Gasteiger partial charge in [0, 0.05) is 56.7 Å². The van der Waals surface area contributed by atoms with Gasteiger partial charge in [-0.1, -0.05) is 78.9 Å². The van der Waals surface area contributed by atoms with Crippen molar-refractivity contribution in [2.75, 3.05) is 0 Å². The minimum Gasteiger partial charge on any atom is -0.307 e. The van der Waals surface area contributed by atoms with Crippen LogP contribution in [0.1, 0.15) is 5.56 Å². The van der Waals surface area contributed by atoms with E-state index in [1.54, 1.807) is 0 Å². The van der Waals surface area contributed by atoms with Gasteiger partial charge in [0.15, 0.2) is 5.69 Å². The molecule has 0 aliphatic heterocycles. The Balaban J connectivity index is 1.20. The normalized spacial score (nSPS) is 11.6. The summed E-state index contributed by atoms with van der Waals surface area (Å²) < 4.78 is 7.31. The van der Waals surface area contributed by atoms with Gasteiger partial charge in [0.25, 0.3) is 0 Å². The summed E-state index contributed by atoms with van der Waals surface area (Å²) >= 11 is 3.66. The fourth-order valence-corrected chi connectivity index (χ4v) is 9.71. The number of para-hydroxylation sites is 3. The van der Waals surface area contributed by atoms with Crippen LogP contribution in [0.2, 0.25) is 0 Å². The fourth-order valence-electron chi connectivity index (χ4n) is 7.42. The predicted octanol–water partition coefficient (Wildman–Crippen LogP) is 13.3. The summed E-state index contributed by atoms with van der Waals surface area (Å²) in [6.07, 6.45) is 0. The van der Waals surface area contributed by atoms with Gasteiger partial charge in [-0.3, -0.25) is 0 Å². The van der Waals surface area contributed by atoms with E-state index in [0.29, 0.717) is 11.3 Å². The number of aromatic nitrogens is 1. The first-order chi connectivity index (χ1) is 24.2. The van der Waals surface area contributed by atoms with Crippen molar-refractivity contribution in [1.82, 2.24) is 4.57 Å². The third kappa shape index (κ3) is 4.17. The molecule has 3 aromatic heterocycles. The van der Waals surface area contributed by atoms with Crippen LogP contribution in [0.15, 0.2) is 140 Å². The summed E-state index contributed by atoms with van der Waals surface area (Å²) in [5.41, 5.74) is 8.65. The van der Waals surface area contributed by atoms with E-state index >= 15 is 0 Å². The molecule has 0 aliphatic carbocycles. The Labute approximate surface area is 289 Å². The van der Waals surface area contributed by atoms with Crippen molar-refractivity contribution in [3.8, 4) is 34.0 Å². The SMILES string of the molecule is [C-]#[N+]c1cccc(-c2ccc3sc4cc5sc6ccc(-c7cccc(C#N)c7-n7c8ccccc8c8ccccc87)cc6c5cc4c3c2)c1. The molecule has 0 unspecified atom stereocenters. The number of hydrogen-bond acceptors (Lipinski definition) is 3. The van der Waals surface area contributed by atoms with E-state index in [1.807, 2.05) is 53.0 Å². The van der Waals surface area contributed by atoms with Gasteiger partial charge in [0.05, 0.1) is 28.9 Å². The molecule has 0 saturated carbocycles. The van der Waals surface area contributed by atoms with Crippen LogP contribution in [0.3, 0.4) is 0 Å². The van der Waals surface area contributed by atoms with Crippen LogP contribution in [0, 0.1) is 17.9 Å². The first-order valence-corrected chi connectivity index (χ1v) is 17.6. The van der Waals surface area contributed by atoms with Crippen LogP contribution in [-0.4, -0.2) is 4.57 Å². The molecule has 0 N–H and O–H groups in total. The topological polar surface area (TPSA) is 33.1 Å². The number of hydrogen-bond donors (Lipinski definition) is 0. The maximum absolute atomic E-state index is 10.4. The maximum atomic E-state index is 10.4. The van der Waals surface area contributed by atoms with Crippen LogP contribution in [0.25, 0.3) is 94.9 Å². The molecule has 0 fully saturated rings. The Morgan fingerprint density at radius 2 is 1.10 bits per heavy atom. The van der Waals surface area contributed by atoms with Gasteiger partial charge in [-0.2, -0.15) is 5.26 Å². The summed E-state index contributed by atoms with van der Waals surface area (Å²) in [5.74, 6) is 0. The van der Waals surface area contributed by atoms with Gasteiger partial charge in [0.1, 0.15) is 6.07 Å². The second-order valence-electron chi connectivity index (χ2n) is 12.3. The van der Waals surface area contributed by atoms with Crippen molar-refractivity contribution in [3.05, 3.63) is 157 Å². The van der Waals surface area contributed by atoms with E-state index in [9.17, 15) is 5.26 Å². The summed E-state index contributed by atoms with van der Waals surface area (Å²) in [6, 6.07) is 51.4. The Bertz CT molecular complexity index is 3030. The Hall–Kier alpha value is -6.24. The van der Waals surface area contributed by atoms with E-state index in [4.69, 9.17) is 6.57 Å². The molecule has 0 bridgehead atoms. The molecule has 0 atom stereocenters. The van der Waals surface area contributed by atoms with Gasteiger partial charge in [-0.25, -0.2) is 4.85 Å². The Morgan fingerprint density at radius 1 is 0.510 bits per heavy atom. The number of rotatable bonds is 3. The minimum absolute atomic E-state index is 0.642. The van der Waals surface area contributed by atoms with Gasteiger partial charge < -0.3 is 4.57 Å². The van der Waals surface area contributed by atoms with Crippen molar-refractivity contribution in [1.29, 1.82) is 5.26 Å². The Kier molecular flexibility index (Phi) is 6.04. The lowest BCUT2D eigenvalue weighted by atomic mass is 9.97. The van der Waals surface area contributed by atoms with E-state index in [-0.39, 0.29) is 0 Å². The van der Waals surface area contributed by atoms with Crippen molar-refractivity contribution < 1.29 is 0 Å². The van der Waals surface area contributed by atoms with Crippen molar-refractivity contribution in [2.45, 2.75) is 0 Å². The molecule has 3 heterocycles. The average Bonchev–Trinajstić information content (AvgIpc) is 3.81. The van der Waals surface area contributed by atoms with Crippen molar-refractivity contribution in [2.24, 2.45) is 0 Å². The highest BCUT2D eigenvalue weighted by Crippen LogP contribution is 2.45. The smallest absolute Gasteiger partial charge is 0.187 e. The van der Waals surface area contributed by atoms with Crippen LogP contribution in [0.5, 0.6) is 0 Å². The highest BCUT2D eigenvalue weighted by molar-refractivity contribution is 7.28. The lowest BCUT2D eigenvalue weighted by Gasteiger charge is -2.16. The standard InChI is InChI=1S/C44H23N3S2/c1-46-30-10-6-8-26(20-30)27-16-18-40-34(21-27)36-23-37-35-22-28(17-19-41(35)49-43(37)24-42(36)48-40)31-13-7-9-29(25-45)44(31)47-38-14-4-2-11-32(38)33-12-3-5-15-39(33)47/h2-24H.